The Hall–Kier alpha value is -4.29. The largest absolute Gasteiger partial charge is 0.508 e. The molecule has 41 heavy (non-hydrogen) atoms. The second kappa shape index (κ2) is 9.38. The van der Waals surface area contributed by atoms with Crippen LogP contribution in [0.2, 0.25) is 5.02 Å². The molecule has 3 aromatic rings. The molecule has 4 aliphatic rings. The maximum atomic E-state index is 14.8. The van der Waals surface area contributed by atoms with E-state index in [1.807, 2.05) is 54.6 Å². The Morgan fingerprint density at radius 1 is 0.854 bits per heavy atom. The second-order valence-corrected chi connectivity index (χ2v) is 11.8. The third-order valence-electron chi connectivity index (χ3n) is 9.52. The minimum Gasteiger partial charge on any atom is -0.508 e. The first-order valence-electron chi connectivity index (χ1n) is 13.8. The van der Waals surface area contributed by atoms with Gasteiger partial charge in [0.25, 0.3) is 0 Å². The molecular formula is C34H26ClNO5. The van der Waals surface area contributed by atoms with Crippen LogP contribution in [-0.4, -0.2) is 28.5 Å². The second-order valence-electron chi connectivity index (χ2n) is 11.3. The molecule has 0 aromatic heterocycles. The Balaban J connectivity index is 1.55. The van der Waals surface area contributed by atoms with Gasteiger partial charge in [0.1, 0.15) is 5.75 Å². The molecule has 3 aromatic carbocycles. The number of rotatable bonds is 3. The monoisotopic (exact) mass is 563 g/mol. The van der Waals surface area contributed by atoms with Gasteiger partial charge in [0.05, 0.1) is 17.3 Å². The Bertz CT molecular complexity index is 1690. The quantitative estimate of drug-likeness (QED) is 0.339. The van der Waals surface area contributed by atoms with Gasteiger partial charge in [-0.25, -0.2) is 0 Å². The average Bonchev–Trinajstić information content (AvgIpc) is 3.29. The number of hydrogen-bond donors (Lipinski definition) is 2. The lowest BCUT2D eigenvalue weighted by molar-refractivity contribution is -0.135. The van der Waals surface area contributed by atoms with Crippen molar-refractivity contribution >= 4 is 40.6 Å². The van der Waals surface area contributed by atoms with Crippen molar-refractivity contribution < 1.29 is 24.3 Å². The summed E-state index contributed by atoms with van der Waals surface area (Å²) in [6.07, 6.45) is 3.95. The van der Waals surface area contributed by atoms with E-state index in [1.54, 1.807) is 24.3 Å². The first-order chi connectivity index (χ1) is 19.8. The summed E-state index contributed by atoms with van der Waals surface area (Å²) in [4.78, 5) is 55.3. The summed E-state index contributed by atoms with van der Waals surface area (Å²) < 4.78 is 0. The number of fused-ring (bicyclic) bond motifs is 4. The molecule has 204 valence electrons. The molecule has 0 unspecified atom stereocenters. The maximum absolute atomic E-state index is 14.8. The van der Waals surface area contributed by atoms with Crippen molar-refractivity contribution in [3.63, 3.8) is 0 Å². The summed E-state index contributed by atoms with van der Waals surface area (Å²) in [5, 5.41) is 14.1. The van der Waals surface area contributed by atoms with Crippen LogP contribution in [-0.2, 0) is 24.6 Å². The number of allylic oxidation sites excluding steroid dienone is 4. The predicted octanol–water partition coefficient (Wildman–Crippen LogP) is 5.16. The van der Waals surface area contributed by atoms with E-state index < -0.39 is 35.0 Å². The van der Waals surface area contributed by atoms with Gasteiger partial charge < -0.3 is 5.11 Å². The highest BCUT2D eigenvalue weighted by atomic mass is 35.5. The van der Waals surface area contributed by atoms with Crippen molar-refractivity contribution in [2.24, 2.45) is 23.7 Å². The van der Waals surface area contributed by atoms with E-state index >= 15 is 0 Å². The number of nitrogens with one attached hydrogen (secondary N) is 1. The van der Waals surface area contributed by atoms with Crippen molar-refractivity contribution in [3.8, 4) is 5.75 Å². The molecule has 1 heterocycles. The normalized spacial score (nSPS) is 30.5. The number of carbonyl (C=O) groups excluding carboxylic acids is 4. The molecule has 1 saturated carbocycles. The molecule has 2 N–H and O–H groups in total. The fraction of sp³-hybridized carbons (Fsp3) is 0.235. The predicted molar refractivity (Wildman–Crippen MR) is 153 cm³/mol. The Kier molecular flexibility index (Phi) is 5.87. The van der Waals surface area contributed by atoms with Gasteiger partial charge >= 0.3 is 0 Å². The van der Waals surface area contributed by atoms with Crippen molar-refractivity contribution in [2.45, 2.75) is 24.2 Å². The molecule has 7 rings (SSSR count). The van der Waals surface area contributed by atoms with Gasteiger partial charge in [-0.2, -0.15) is 0 Å². The lowest BCUT2D eigenvalue weighted by Crippen LogP contribution is -2.58. The van der Waals surface area contributed by atoms with Crippen LogP contribution in [0.25, 0.3) is 5.57 Å². The lowest BCUT2D eigenvalue weighted by atomic mass is 9.44. The van der Waals surface area contributed by atoms with Crippen molar-refractivity contribution in [1.82, 2.24) is 5.32 Å². The number of aromatic hydroxyl groups is 1. The molecule has 7 heteroatoms. The summed E-state index contributed by atoms with van der Waals surface area (Å²) in [5.41, 5.74) is 1.44. The zero-order chi connectivity index (χ0) is 28.5. The van der Waals surface area contributed by atoms with Crippen LogP contribution < -0.4 is 5.32 Å². The average molecular weight is 564 g/mol. The van der Waals surface area contributed by atoms with Gasteiger partial charge in [0, 0.05) is 28.0 Å². The summed E-state index contributed by atoms with van der Waals surface area (Å²) in [6, 6.07) is 23.1. The van der Waals surface area contributed by atoms with E-state index in [4.69, 9.17) is 11.6 Å². The molecule has 6 atom stereocenters. The topological polar surface area (TPSA) is 101 Å². The van der Waals surface area contributed by atoms with Gasteiger partial charge in [-0.3, -0.25) is 24.5 Å². The van der Waals surface area contributed by atoms with Gasteiger partial charge in [-0.05, 0) is 54.2 Å². The van der Waals surface area contributed by atoms with Crippen molar-refractivity contribution in [2.75, 3.05) is 0 Å². The number of amides is 2. The van der Waals surface area contributed by atoms with Crippen molar-refractivity contribution in [1.29, 1.82) is 0 Å². The number of Topliss-reactive ketones (excluding diaryl/α,β-unsaturated/α-hetero) is 1. The molecule has 6 nitrogen and oxygen atoms in total. The fourth-order valence-corrected chi connectivity index (χ4v) is 8.07. The van der Waals surface area contributed by atoms with Crippen LogP contribution in [0.15, 0.2) is 96.6 Å². The Morgan fingerprint density at radius 2 is 1.56 bits per heavy atom. The number of ketones is 2. The number of halogens is 1. The van der Waals surface area contributed by atoms with Crippen LogP contribution in [0.3, 0.4) is 0 Å². The number of benzene rings is 3. The van der Waals surface area contributed by atoms with E-state index in [0.717, 1.165) is 5.57 Å². The summed E-state index contributed by atoms with van der Waals surface area (Å²) in [6.45, 7) is 0. The highest BCUT2D eigenvalue weighted by molar-refractivity contribution is 6.32. The highest BCUT2D eigenvalue weighted by Gasteiger charge is 2.65. The van der Waals surface area contributed by atoms with Gasteiger partial charge in [0.15, 0.2) is 11.6 Å². The molecule has 2 fully saturated rings. The first-order valence-corrected chi connectivity index (χ1v) is 14.1. The summed E-state index contributed by atoms with van der Waals surface area (Å²) >= 11 is 6.47. The molecule has 0 bridgehead atoms. The number of phenolic OH excluding ortho intramolecular Hbond substituents is 1. The van der Waals surface area contributed by atoms with Gasteiger partial charge in [-0.1, -0.05) is 83.9 Å². The minimum absolute atomic E-state index is 0.0536. The Morgan fingerprint density at radius 3 is 2.29 bits per heavy atom. The molecule has 0 spiro atoms. The molecule has 1 saturated heterocycles. The fourth-order valence-electron chi connectivity index (χ4n) is 7.89. The maximum Gasteiger partial charge on any atom is 0.231 e. The zero-order valence-electron chi connectivity index (χ0n) is 21.9. The van der Waals surface area contributed by atoms with Crippen LogP contribution in [0, 0.1) is 23.7 Å². The van der Waals surface area contributed by atoms with Crippen LogP contribution in [0.5, 0.6) is 5.75 Å². The molecule has 1 aliphatic heterocycles. The van der Waals surface area contributed by atoms with E-state index in [0.29, 0.717) is 33.7 Å². The lowest BCUT2D eigenvalue weighted by Gasteiger charge is -2.55. The number of hydrogen-bond acceptors (Lipinski definition) is 5. The number of phenols is 1. The van der Waals surface area contributed by atoms with Crippen LogP contribution in [0.1, 0.15) is 35.4 Å². The van der Waals surface area contributed by atoms with E-state index in [1.165, 1.54) is 12.1 Å². The van der Waals surface area contributed by atoms with Crippen LogP contribution >= 0.6 is 11.6 Å². The third kappa shape index (κ3) is 3.63. The number of imide groups is 1. The minimum atomic E-state index is -1.40. The smallest absolute Gasteiger partial charge is 0.231 e. The van der Waals surface area contributed by atoms with Crippen molar-refractivity contribution in [3.05, 3.63) is 118 Å². The van der Waals surface area contributed by atoms with Crippen LogP contribution in [0.4, 0.5) is 0 Å². The molecule has 3 aliphatic carbocycles. The standard InChI is InChI=1S/C34H26ClNO5/c35-20-11-14-27(37)25(15-20)30-21-12-13-22-29(33(41)36-32(22)40)24(21)16-26-31(39)23(18-7-3-1-4-8-18)17-28(38)34(26,30)19-9-5-2-6-10-19/h1-12,14-15,17,22,24,26,29-30,37H,13,16H2,(H,36,40,41)/t22-,24+,26-,29-,30+,34-/m0/s1. The number of carbonyl (C=O) groups is 4. The van der Waals surface area contributed by atoms with Gasteiger partial charge in [-0.15, -0.1) is 0 Å². The molecule has 0 radical (unpaired) electrons. The third-order valence-corrected chi connectivity index (χ3v) is 9.75. The van der Waals surface area contributed by atoms with E-state index in [2.05, 4.69) is 5.32 Å². The zero-order valence-corrected chi connectivity index (χ0v) is 22.7. The SMILES string of the molecule is O=C1NC(=O)[C@H]2CC=C3[C@@H](C[C@H]4C(=O)C(c5ccccc5)=CC(=O)[C@@]4(c4ccccc4)[C@H]3c3cc(Cl)ccc3O)[C@@H]12. The van der Waals surface area contributed by atoms with E-state index in [9.17, 15) is 24.3 Å². The first kappa shape index (κ1) is 25.7. The highest BCUT2D eigenvalue weighted by Crippen LogP contribution is 2.64. The van der Waals surface area contributed by atoms with E-state index in [-0.39, 0.29) is 35.6 Å². The molecular weight excluding hydrogens is 538 g/mol. The van der Waals surface area contributed by atoms with Gasteiger partial charge in [0.2, 0.25) is 11.8 Å². The molecule has 2 amide bonds. The Labute approximate surface area is 241 Å². The summed E-state index contributed by atoms with van der Waals surface area (Å²) in [5.74, 6) is -4.48. The summed E-state index contributed by atoms with van der Waals surface area (Å²) in [7, 11) is 0.